The molecule has 0 aliphatic carbocycles. The van der Waals surface area contributed by atoms with E-state index in [-0.39, 0.29) is 11.6 Å². The van der Waals surface area contributed by atoms with Crippen LogP contribution in [0.1, 0.15) is 36.1 Å². The summed E-state index contributed by atoms with van der Waals surface area (Å²) in [6, 6.07) is 10.1. The molecule has 1 heterocycles. The second-order valence-corrected chi connectivity index (χ2v) is 8.79. The van der Waals surface area contributed by atoms with Crippen LogP contribution < -0.4 is 0 Å². The highest BCUT2D eigenvalue weighted by atomic mass is 35.5. The fraction of sp³-hybridized carbons (Fsp3) is 0.286. The second kappa shape index (κ2) is 9.24. The van der Waals surface area contributed by atoms with Crippen LogP contribution in [-0.2, 0) is 0 Å². The predicted molar refractivity (Wildman–Crippen MR) is 114 cm³/mol. The molecule has 0 N–H and O–H groups in total. The number of carbonyl (C=O) groups is 1. The monoisotopic (exact) mass is 450 g/mol. The first-order valence-electron chi connectivity index (χ1n) is 9.22. The smallest absolute Gasteiger partial charge is 0.196 e. The predicted octanol–water partition coefficient (Wildman–Crippen LogP) is 5.19. The number of nitrogens with zero attached hydrogens (tertiary/aromatic N) is 4. The van der Waals surface area contributed by atoms with Crippen molar-refractivity contribution in [3.63, 3.8) is 0 Å². The molecule has 2 atom stereocenters. The SMILES string of the molecule is CC(Sc1nnc(C(C)N(C)C)n1-c1ccc(Cl)cc1)C(=O)c1ccc(F)cc1F. The van der Waals surface area contributed by atoms with E-state index in [1.165, 1.54) is 0 Å². The van der Waals surface area contributed by atoms with Crippen molar-refractivity contribution in [2.24, 2.45) is 0 Å². The Labute approximate surface area is 183 Å². The number of rotatable bonds is 7. The van der Waals surface area contributed by atoms with Gasteiger partial charge in [0.2, 0.25) is 0 Å². The molecule has 2 aromatic carbocycles. The molecule has 3 aromatic rings. The molecule has 0 fully saturated rings. The topological polar surface area (TPSA) is 51.0 Å². The largest absolute Gasteiger partial charge is 0.300 e. The van der Waals surface area contributed by atoms with Gasteiger partial charge in [0.05, 0.1) is 16.9 Å². The van der Waals surface area contributed by atoms with Gasteiger partial charge in [-0.25, -0.2) is 8.78 Å². The third-order valence-corrected chi connectivity index (χ3v) is 6.03. The molecule has 0 radical (unpaired) electrons. The van der Waals surface area contributed by atoms with E-state index in [9.17, 15) is 13.6 Å². The first-order valence-corrected chi connectivity index (χ1v) is 10.5. The van der Waals surface area contributed by atoms with E-state index in [4.69, 9.17) is 11.6 Å². The summed E-state index contributed by atoms with van der Waals surface area (Å²) in [5.41, 5.74) is 0.638. The lowest BCUT2D eigenvalue weighted by molar-refractivity contribution is 0.0990. The van der Waals surface area contributed by atoms with Crippen molar-refractivity contribution in [1.82, 2.24) is 19.7 Å². The van der Waals surface area contributed by atoms with Gasteiger partial charge in [0.15, 0.2) is 16.8 Å². The molecule has 0 saturated carbocycles. The molecular weight excluding hydrogens is 430 g/mol. The lowest BCUT2D eigenvalue weighted by Gasteiger charge is -2.21. The molecule has 0 aliphatic heterocycles. The first kappa shape index (κ1) is 22.4. The molecule has 3 rings (SSSR count). The lowest BCUT2D eigenvalue weighted by Crippen LogP contribution is -2.21. The summed E-state index contributed by atoms with van der Waals surface area (Å²) in [4.78, 5) is 14.7. The van der Waals surface area contributed by atoms with Crippen molar-refractivity contribution in [2.45, 2.75) is 30.3 Å². The van der Waals surface area contributed by atoms with Crippen molar-refractivity contribution in [3.8, 4) is 5.69 Å². The van der Waals surface area contributed by atoms with Crippen LogP contribution >= 0.6 is 23.4 Å². The summed E-state index contributed by atoms with van der Waals surface area (Å²) >= 11 is 7.19. The fourth-order valence-electron chi connectivity index (χ4n) is 2.81. The molecule has 0 bridgehead atoms. The van der Waals surface area contributed by atoms with Crippen LogP contribution in [0.4, 0.5) is 8.78 Å². The quantitative estimate of drug-likeness (QED) is 0.366. The van der Waals surface area contributed by atoms with Crippen LogP contribution in [0.15, 0.2) is 47.6 Å². The standard InChI is InChI=1S/C21H21ClF2N4OS/c1-12(27(3)4)20-25-26-21(28(20)16-8-5-14(22)6-9-16)30-13(2)19(29)17-10-7-15(23)11-18(17)24/h5-13H,1-4H3. The number of carbonyl (C=O) groups excluding carboxylic acids is 1. The molecule has 1 aromatic heterocycles. The molecule has 2 unspecified atom stereocenters. The van der Waals surface area contributed by atoms with Crippen molar-refractivity contribution in [3.05, 3.63) is 70.5 Å². The van der Waals surface area contributed by atoms with Crippen LogP contribution in [-0.4, -0.2) is 44.8 Å². The van der Waals surface area contributed by atoms with E-state index in [1.54, 1.807) is 19.1 Å². The van der Waals surface area contributed by atoms with Crippen molar-refractivity contribution >= 4 is 29.1 Å². The number of hydrogen-bond donors (Lipinski definition) is 0. The Hall–Kier alpha value is -2.29. The van der Waals surface area contributed by atoms with Crippen LogP contribution in [0.5, 0.6) is 0 Å². The zero-order chi connectivity index (χ0) is 22.0. The van der Waals surface area contributed by atoms with E-state index < -0.39 is 22.7 Å². The summed E-state index contributed by atoms with van der Waals surface area (Å²) in [5.74, 6) is -1.37. The maximum Gasteiger partial charge on any atom is 0.196 e. The van der Waals surface area contributed by atoms with Gasteiger partial charge < -0.3 is 0 Å². The van der Waals surface area contributed by atoms with E-state index >= 15 is 0 Å². The average molecular weight is 451 g/mol. The Kier molecular flexibility index (Phi) is 6.90. The minimum absolute atomic E-state index is 0.0527. The minimum atomic E-state index is -0.881. The van der Waals surface area contributed by atoms with Gasteiger partial charge in [-0.1, -0.05) is 23.4 Å². The maximum atomic E-state index is 14.1. The molecule has 9 heteroatoms. The van der Waals surface area contributed by atoms with Gasteiger partial charge in [0, 0.05) is 16.8 Å². The number of thioether (sulfide) groups is 1. The van der Waals surface area contributed by atoms with Crippen LogP contribution in [0.2, 0.25) is 5.02 Å². The summed E-state index contributed by atoms with van der Waals surface area (Å²) < 4.78 is 29.1. The second-order valence-electron chi connectivity index (χ2n) is 7.04. The number of Topliss-reactive ketones (excluding diaryl/α,β-unsaturated/α-hetero) is 1. The minimum Gasteiger partial charge on any atom is -0.300 e. The van der Waals surface area contributed by atoms with Crippen molar-refractivity contribution < 1.29 is 13.6 Å². The molecule has 158 valence electrons. The third kappa shape index (κ3) is 4.71. The molecule has 0 amide bonds. The molecule has 0 spiro atoms. The van der Waals surface area contributed by atoms with Gasteiger partial charge in [-0.2, -0.15) is 0 Å². The lowest BCUT2D eigenvalue weighted by atomic mass is 10.1. The van der Waals surface area contributed by atoms with E-state index in [2.05, 4.69) is 10.2 Å². The number of benzene rings is 2. The Morgan fingerprint density at radius 2 is 1.77 bits per heavy atom. The van der Waals surface area contributed by atoms with E-state index in [0.717, 1.165) is 29.6 Å². The van der Waals surface area contributed by atoms with E-state index in [1.807, 2.05) is 42.6 Å². The third-order valence-electron chi connectivity index (χ3n) is 4.74. The highest BCUT2D eigenvalue weighted by Gasteiger charge is 2.26. The van der Waals surface area contributed by atoms with Crippen LogP contribution in [0, 0.1) is 11.6 Å². The Morgan fingerprint density at radius 1 is 1.10 bits per heavy atom. The number of aromatic nitrogens is 3. The summed E-state index contributed by atoms with van der Waals surface area (Å²) in [7, 11) is 3.86. The van der Waals surface area contributed by atoms with Gasteiger partial charge >= 0.3 is 0 Å². The fourth-order valence-corrected chi connectivity index (χ4v) is 3.88. The number of hydrogen-bond acceptors (Lipinski definition) is 5. The summed E-state index contributed by atoms with van der Waals surface area (Å²) in [6.07, 6.45) is 0. The highest BCUT2D eigenvalue weighted by molar-refractivity contribution is 8.00. The van der Waals surface area contributed by atoms with Crippen LogP contribution in [0.3, 0.4) is 0 Å². The molecular formula is C21H21ClF2N4OS. The zero-order valence-electron chi connectivity index (χ0n) is 16.9. The normalized spacial score (nSPS) is 13.5. The maximum absolute atomic E-state index is 14.1. The van der Waals surface area contributed by atoms with Gasteiger partial charge in [0.1, 0.15) is 11.6 Å². The Morgan fingerprint density at radius 3 is 2.37 bits per heavy atom. The molecule has 30 heavy (non-hydrogen) atoms. The molecule has 0 aliphatic rings. The summed E-state index contributed by atoms with van der Waals surface area (Å²) in [5, 5.41) is 9.04. The molecule has 0 saturated heterocycles. The van der Waals surface area contributed by atoms with Gasteiger partial charge in [-0.05, 0) is 64.3 Å². The molecule has 5 nitrogen and oxygen atoms in total. The van der Waals surface area contributed by atoms with Gasteiger partial charge in [0.25, 0.3) is 0 Å². The van der Waals surface area contributed by atoms with Gasteiger partial charge in [-0.3, -0.25) is 14.3 Å². The zero-order valence-corrected chi connectivity index (χ0v) is 18.5. The van der Waals surface area contributed by atoms with E-state index in [0.29, 0.717) is 22.1 Å². The number of ketones is 1. The number of halogens is 3. The van der Waals surface area contributed by atoms with Crippen molar-refractivity contribution in [2.75, 3.05) is 14.1 Å². The van der Waals surface area contributed by atoms with Crippen molar-refractivity contribution in [1.29, 1.82) is 0 Å². The Bertz CT molecular complexity index is 1060. The first-order chi connectivity index (χ1) is 14.2. The van der Waals surface area contributed by atoms with Gasteiger partial charge in [-0.15, -0.1) is 10.2 Å². The van der Waals surface area contributed by atoms with Crippen LogP contribution in [0.25, 0.3) is 5.69 Å². The highest BCUT2D eigenvalue weighted by Crippen LogP contribution is 2.31. The Balaban J connectivity index is 1.97. The average Bonchev–Trinajstić information content (AvgIpc) is 3.10. The summed E-state index contributed by atoms with van der Waals surface area (Å²) in [6.45, 7) is 3.65.